The van der Waals surface area contributed by atoms with Crippen LogP contribution in [0, 0.1) is 0 Å². The quantitative estimate of drug-likeness (QED) is 0.245. The van der Waals surface area contributed by atoms with Crippen LogP contribution in [0.3, 0.4) is 0 Å². The summed E-state index contributed by atoms with van der Waals surface area (Å²) in [6, 6.07) is 35.3. The largest absolute Gasteiger partial charge is 0.460 e. The molecule has 0 fully saturated rings. The number of furan rings is 1. The minimum Gasteiger partial charge on any atom is -0.460 e. The van der Waals surface area contributed by atoms with Crippen LogP contribution in [-0.4, -0.2) is 11.7 Å². The zero-order chi connectivity index (χ0) is 26.6. The number of hydrogen-bond acceptors (Lipinski definition) is 4. The van der Waals surface area contributed by atoms with Crippen molar-refractivity contribution in [3.05, 3.63) is 137 Å². The van der Waals surface area contributed by atoms with Gasteiger partial charge >= 0.3 is 0 Å². The topological polar surface area (TPSA) is 49.9 Å². The van der Waals surface area contributed by atoms with Crippen molar-refractivity contribution in [2.75, 3.05) is 0 Å². The van der Waals surface area contributed by atoms with Crippen molar-refractivity contribution in [3.63, 3.8) is 0 Å². The van der Waals surface area contributed by atoms with Gasteiger partial charge in [0, 0.05) is 38.9 Å². The number of aliphatic imine (C=N–C) groups is 2. The lowest BCUT2D eigenvalue weighted by Crippen LogP contribution is -2.36. The van der Waals surface area contributed by atoms with E-state index >= 15 is 0 Å². The molecule has 2 heterocycles. The molecule has 0 spiro atoms. The molecule has 1 aliphatic carbocycles. The summed E-state index contributed by atoms with van der Waals surface area (Å²) in [6.07, 6.45) is 3.63. The number of fused-ring (bicyclic) bond motifs is 5. The lowest BCUT2D eigenvalue weighted by atomic mass is 9.92. The van der Waals surface area contributed by atoms with Gasteiger partial charge in [-0.3, -0.25) is 0 Å². The molecular weight excluding hydrogens is 514 g/mol. The summed E-state index contributed by atoms with van der Waals surface area (Å²) in [7, 11) is 0. The Balaban J connectivity index is 1.32. The van der Waals surface area contributed by atoms with Gasteiger partial charge in [-0.2, -0.15) is 0 Å². The molecule has 0 radical (unpaired) electrons. The molecule has 5 heteroatoms. The van der Waals surface area contributed by atoms with Gasteiger partial charge in [-0.1, -0.05) is 103 Å². The van der Waals surface area contributed by atoms with E-state index in [2.05, 4.69) is 78.1 Å². The molecule has 4 nitrogen and oxygen atoms in total. The lowest BCUT2D eigenvalue weighted by Gasteiger charge is -2.25. The summed E-state index contributed by atoms with van der Waals surface area (Å²) in [4.78, 5) is 10.4. The number of hydrogen-bond donors (Lipinski definition) is 1. The first-order chi connectivity index (χ1) is 19.7. The Bertz CT molecular complexity index is 2070. The first kappa shape index (κ1) is 23.2. The molecule has 1 N–H and O–H groups in total. The van der Waals surface area contributed by atoms with Gasteiger partial charge in [-0.05, 0) is 46.3 Å². The molecule has 1 atom stereocenters. The molecule has 0 amide bonds. The van der Waals surface area contributed by atoms with E-state index in [9.17, 15) is 0 Å². The Morgan fingerprint density at radius 3 is 2.45 bits per heavy atom. The van der Waals surface area contributed by atoms with Gasteiger partial charge in [0.1, 0.15) is 23.0 Å². The standard InChI is InChI=1S/C35H24ClN3O/c36-29-15-6-11-24-25(29)12-5-13-26(24)34-37-33(23-19-18-21-8-1-2-9-22(21)20-23)38-35(39-34)28-14-7-17-31-32(28)27-10-3-4-16-30(27)40-31/h1-6,8-16,18-20,33H,7,17H2,(H,37,38,39). The van der Waals surface area contributed by atoms with Crippen LogP contribution in [-0.2, 0) is 6.42 Å². The number of allylic oxidation sites excluding steroid dienone is 1. The van der Waals surface area contributed by atoms with Gasteiger partial charge in [0.25, 0.3) is 0 Å². The zero-order valence-electron chi connectivity index (χ0n) is 21.6. The maximum Gasteiger partial charge on any atom is 0.169 e. The van der Waals surface area contributed by atoms with Crippen molar-refractivity contribution < 1.29 is 4.42 Å². The fraction of sp³-hybridized carbons (Fsp3) is 0.0857. The van der Waals surface area contributed by atoms with Gasteiger partial charge in [-0.25, -0.2) is 9.98 Å². The van der Waals surface area contributed by atoms with Crippen molar-refractivity contribution in [2.45, 2.75) is 19.0 Å². The fourth-order valence-corrected chi connectivity index (χ4v) is 6.19. The molecule has 2 aliphatic rings. The van der Waals surface area contributed by atoms with Crippen LogP contribution in [0.1, 0.15) is 35.0 Å². The number of para-hydroxylation sites is 1. The molecular formula is C35H24ClN3O. The maximum absolute atomic E-state index is 6.59. The minimum absolute atomic E-state index is 0.408. The molecule has 6 aromatic rings. The van der Waals surface area contributed by atoms with E-state index in [4.69, 9.17) is 26.0 Å². The van der Waals surface area contributed by atoms with Crippen molar-refractivity contribution in [1.82, 2.24) is 5.32 Å². The van der Waals surface area contributed by atoms with Crippen LogP contribution >= 0.6 is 11.6 Å². The van der Waals surface area contributed by atoms with Gasteiger partial charge in [0.05, 0.1) is 0 Å². The molecule has 8 rings (SSSR count). The third-order valence-electron chi connectivity index (χ3n) is 7.85. The highest BCUT2D eigenvalue weighted by molar-refractivity contribution is 6.37. The van der Waals surface area contributed by atoms with E-state index in [1.54, 1.807) is 0 Å². The van der Waals surface area contributed by atoms with Crippen molar-refractivity contribution in [1.29, 1.82) is 0 Å². The second-order valence-corrected chi connectivity index (χ2v) is 10.7. The number of halogens is 1. The maximum atomic E-state index is 6.59. The second kappa shape index (κ2) is 9.22. The normalized spacial score (nSPS) is 16.8. The minimum atomic E-state index is -0.408. The monoisotopic (exact) mass is 537 g/mol. The molecule has 0 saturated carbocycles. The summed E-state index contributed by atoms with van der Waals surface area (Å²) in [5, 5.41) is 9.87. The zero-order valence-corrected chi connectivity index (χ0v) is 22.3. The first-order valence-electron chi connectivity index (χ1n) is 13.5. The summed E-state index contributed by atoms with van der Waals surface area (Å²) in [5.41, 5.74) is 5.12. The van der Waals surface area contributed by atoms with E-state index in [0.717, 1.165) is 79.3 Å². The van der Waals surface area contributed by atoms with Crippen LogP contribution in [0.25, 0.3) is 38.1 Å². The molecule has 5 aromatic carbocycles. The second-order valence-electron chi connectivity index (χ2n) is 10.3. The summed E-state index contributed by atoms with van der Waals surface area (Å²) >= 11 is 6.59. The van der Waals surface area contributed by atoms with E-state index in [-0.39, 0.29) is 0 Å². The molecule has 192 valence electrons. The van der Waals surface area contributed by atoms with Crippen molar-refractivity contribution in [3.8, 4) is 0 Å². The van der Waals surface area contributed by atoms with Crippen molar-refractivity contribution >= 4 is 61.4 Å². The molecule has 40 heavy (non-hydrogen) atoms. The highest BCUT2D eigenvalue weighted by Crippen LogP contribution is 2.38. The van der Waals surface area contributed by atoms with Crippen LogP contribution in [0.2, 0.25) is 5.02 Å². The number of rotatable bonds is 3. The van der Waals surface area contributed by atoms with Crippen LogP contribution < -0.4 is 5.32 Å². The first-order valence-corrected chi connectivity index (χ1v) is 13.9. The molecule has 1 unspecified atom stereocenters. The van der Waals surface area contributed by atoms with Crippen LogP contribution in [0.5, 0.6) is 0 Å². The number of aryl methyl sites for hydroxylation is 1. The number of nitrogens with zero attached hydrogens (tertiary/aromatic N) is 2. The van der Waals surface area contributed by atoms with Gasteiger partial charge in [0.2, 0.25) is 0 Å². The average molecular weight is 538 g/mol. The molecule has 1 aromatic heterocycles. The highest BCUT2D eigenvalue weighted by Gasteiger charge is 2.28. The Kier molecular flexibility index (Phi) is 5.35. The van der Waals surface area contributed by atoms with E-state index in [1.165, 1.54) is 10.8 Å². The SMILES string of the molecule is Clc1cccc2c(C3=NC(c4ccc5ccccc5c4)N=C(C4=CCCc5oc6ccccc6c54)N3)cccc12. The third-order valence-corrected chi connectivity index (χ3v) is 8.18. The van der Waals surface area contributed by atoms with Crippen molar-refractivity contribution in [2.24, 2.45) is 9.98 Å². The fourth-order valence-electron chi connectivity index (χ4n) is 5.95. The van der Waals surface area contributed by atoms with E-state index in [1.807, 2.05) is 36.4 Å². The highest BCUT2D eigenvalue weighted by atomic mass is 35.5. The molecule has 0 saturated heterocycles. The van der Waals surface area contributed by atoms with E-state index < -0.39 is 6.17 Å². The van der Waals surface area contributed by atoms with Gasteiger partial charge in [0.15, 0.2) is 6.17 Å². The predicted octanol–water partition coefficient (Wildman–Crippen LogP) is 8.87. The summed E-state index contributed by atoms with van der Waals surface area (Å²) in [5.74, 6) is 2.58. The average Bonchev–Trinajstić information content (AvgIpc) is 3.39. The smallest absolute Gasteiger partial charge is 0.169 e. The Morgan fingerprint density at radius 1 is 0.725 bits per heavy atom. The Labute approximate surface area is 236 Å². The van der Waals surface area contributed by atoms with Gasteiger partial charge < -0.3 is 9.73 Å². The van der Waals surface area contributed by atoms with Gasteiger partial charge in [-0.15, -0.1) is 0 Å². The Hall–Kier alpha value is -4.67. The summed E-state index contributed by atoms with van der Waals surface area (Å²) in [6.45, 7) is 0. The number of nitrogens with one attached hydrogen (secondary N) is 1. The number of benzene rings is 5. The number of amidine groups is 2. The molecule has 1 aliphatic heterocycles. The van der Waals surface area contributed by atoms with Crippen LogP contribution in [0.4, 0.5) is 0 Å². The van der Waals surface area contributed by atoms with E-state index in [0.29, 0.717) is 0 Å². The Morgan fingerprint density at radius 2 is 1.50 bits per heavy atom. The van der Waals surface area contributed by atoms with Crippen LogP contribution in [0.15, 0.2) is 124 Å². The predicted molar refractivity (Wildman–Crippen MR) is 165 cm³/mol. The summed E-state index contributed by atoms with van der Waals surface area (Å²) < 4.78 is 6.29. The third kappa shape index (κ3) is 3.75. The molecule has 0 bridgehead atoms. The lowest BCUT2D eigenvalue weighted by molar-refractivity contribution is 0.545.